The van der Waals surface area contributed by atoms with E-state index in [1.807, 2.05) is 0 Å². The van der Waals surface area contributed by atoms with E-state index in [-0.39, 0.29) is 0 Å². The van der Waals surface area contributed by atoms with Gasteiger partial charge in [0.1, 0.15) is 0 Å². The highest BCUT2D eigenvalue weighted by atomic mass is 16.4. The second-order valence-electron chi connectivity index (χ2n) is 3.77. The molecule has 0 aromatic heterocycles. The van der Waals surface area contributed by atoms with Crippen molar-refractivity contribution in [2.75, 3.05) is 0 Å². The molecule has 4 heteroatoms. The standard InChI is InChI=1S/C8H12O4/c1-7(5(9)10)3-4-8(7,2)6(11)12/h3-4H2,1-2H3,(H,9,10)(H,11,12)/t7-,8-/m1/s1. The first-order valence-corrected chi connectivity index (χ1v) is 3.81. The molecule has 0 amide bonds. The van der Waals surface area contributed by atoms with Crippen LogP contribution in [0.3, 0.4) is 0 Å². The molecule has 0 bridgehead atoms. The summed E-state index contributed by atoms with van der Waals surface area (Å²) in [5, 5.41) is 17.6. The fourth-order valence-electron chi connectivity index (χ4n) is 1.56. The van der Waals surface area contributed by atoms with Crippen LogP contribution in [0.1, 0.15) is 26.7 Å². The topological polar surface area (TPSA) is 74.6 Å². The van der Waals surface area contributed by atoms with E-state index in [1.165, 1.54) is 13.8 Å². The minimum Gasteiger partial charge on any atom is -0.481 e. The number of carboxylic acids is 2. The van der Waals surface area contributed by atoms with Crippen molar-refractivity contribution in [3.63, 3.8) is 0 Å². The van der Waals surface area contributed by atoms with Crippen LogP contribution in [0.15, 0.2) is 0 Å². The zero-order chi connectivity index (χ0) is 9.57. The molecule has 12 heavy (non-hydrogen) atoms. The number of hydrogen-bond acceptors (Lipinski definition) is 2. The second kappa shape index (κ2) is 2.21. The van der Waals surface area contributed by atoms with Crippen LogP contribution >= 0.6 is 0 Å². The Morgan fingerprint density at radius 3 is 1.33 bits per heavy atom. The van der Waals surface area contributed by atoms with Crippen LogP contribution in [0.4, 0.5) is 0 Å². The average Bonchev–Trinajstić information content (AvgIpc) is 1.98. The first kappa shape index (κ1) is 9.03. The smallest absolute Gasteiger partial charge is 0.310 e. The normalized spacial score (nSPS) is 40.2. The van der Waals surface area contributed by atoms with Gasteiger partial charge < -0.3 is 10.2 Å². The Balaban J connectivity index is 2.97. The lowest BCUT2D eigenvalue weighted by atomic mass is 9.51. The van der Waals surface area contributed by atoms with E-state index in [2.05, 4.69) is 0 Å². The van der Waals surface area contributed by atoms with Gasteiger partial charge in [0.15, 0.2) is 0 Å². The number of carbonyl (C=O) groups is 2. The predicted octanol–water partition coefficient (Wildman–Crippen LogP) is 0.962. The van der Waals surface area contributed by atoms with Gasteiger partial charge in [0.25, 0.3) is 0 Å². The fourth-order valence-corrected chi connectivity index (χ4v) is 1.56. The van der Waals surface area contributed by atoms with Gasteiger partial charge in [-0.05, 0) is 26.7 Å². The third-order valence-electron chi connectivity index (χ3n) is 3.29. The summed E-state index contributed by atoms with van der Waals surface area (Å²) >= 11 is 0. The van der Waals surface area contributed by atoms with Gasteiger partial charge >= 0.3 is 11.9 Å². The first-order valence-electron chi connectivity index (χ1n) is 3.81. The molecular weight excluding hydrogens is 160 g/mol. The highest BCUT2D eigenvalue weighted by molar-refractivity contribution is 5.88. The highest BCUT2D eigenvalue weighted by Gasteiger charge is 2.62. The Labute approximate surface area is 70.2 Å². The van der Waals surface area contributed by atoms with Crippen LogP contribution in [0.5, 0.6) is 0 Å². The van der Waals surface area contributed by atoms with E-state index in [1.54, 1.807) is 0 Å². The van der Waals surface area contributed by atoms with E-state index in [0.29, 0.717) is 12.8 Å². The summed E-state index contributed by atoms with van der Waals surface area (Å²) < 4.78 is 0. The zero-order valence-corrected chi connectivity index (χ0v) is 7.13. The van der Waals surface area contributed by atoms with Crippen LogP contribution < -0.4 is 0 Å². The number of aliphatic carboxylic acids is 2. The summed E-state index contributed by atoms with van der Waals surface area (Å²) in [5.74, 6) is -2.03. The van der Waals surface area contributed by atoms with E-state index in [0.717, 1.165) is 0 Å². The summed E-state index contributed by atoms with van der Waals surface area (Å²) in [7, 11) is 0. The second-order valence-corrected chi connectivity index (χ2v) is 3.77. The number of rotatable bonds is 2. The van der Waals surface area contributed by atoms with Crippen molar-refractivity contribution < 1.29 is 19.8 Å². The maximum absolute atomic E-state index is 10.8. The quantitative estimate of drug-likeness (QED) is 0.650. The number of carboxylic acid groups (broad SMARTS) is 2. The summed E-state index contributed by atoms with van der Waals surface area (Å²) in [6.45, 7) is 2.99. The van der Waals surface area contributed by atoms with Crippen LogP contribution in [-0.4, -0.2) is 22.2 Å². The molecular formula is C8H12O4. The number of hydrogen-bond donors (Lipinski definition) is 2. The lowest BCUT2D eigenvalue weighted by Crippen LogP contribution is -2.56. The van der Waals surface area contributed by atoms with Crippen molar-refractivity contribution in [1.29, 1.82) is 0 Å². The molecule has 1 rings (SSSR count). The van der Waals surface area contributed by atoms with Crippen molar-refractivity contribution in [3.8, 4) is 0 Å². The Hall–Kier alpha value is -1.06. The Bertz CT molecular complexity index is 221. The molecule has 0 saturated heterocycles. The van der Waals surface area contributed by atoms with Crippen LogP contribution in [0, 0.1) is 10.8 Å². The zero-order valence-electron chi connectivity index (χ0n) is 7.13. The van der Waals surface area contributed by atoms with Gasteiger partial charge in [-0.3, -0.25) is 9.59 Å². The van der Waals surface area contributed by atoms with E-state index in [4.69, 9.17) is 10.2 Å². The van der Waals surface area contributed by atoms with Crippen molar-refractivity contribution >= 4 is 11.9 Å². The first-order chi connectivity index (χ1) is 5.34. The molecule has 4 nitrogen and oxygen atoms in total. The average molecular weight is 172 g/mol. The summed E-state index contributed by atoms with van der Waals surface area (Å²) in [4.78, 5) is 21.5. The molecule has 2 N–H and O–H groups in total. The Morgan fingerprint density at radius 2 is 1.25 bits per heavy atom. The molecule has 1 fully saturated rings. The van der Waals surface area contributed by atoms with Gasteiger partial charge in [0, 0.05) is 0 Å². The van der Waals surface area contributed by atoms with Gasteiger partial charge in [0.2, 0.25) is 0 Å². The molecule has 0 unspecified atom stereocenters. The third-order valence-corrected chi connectivity index (χ3v) is 3.29. The molecule has 68 valence electrons. The molecule has 1 saturated carbocycles. The molecule has 0 heterocycles. The predicted molar refractivity (Wildman–Crippen MR) is 40.7 cm³/mol. The summed E-state index contributed by atoms with van der Waals surface area (Å²) in [6, 6.07) is 0. The van der Waals surface area contributed by atoms with Crippen LogP contribution in [0.25, 0.3) is 0 Å². The lowest BCUT2D eigenvalue weighted by Gasteiger charge is -2.49. The van der Waals surface area contributed by atoms with Gasteiger partial charge in [0.05, 0.1) is 10.8 Å². The summed E-state index contributed by atoms with van der Waals surface area (Å²) in [6.07, 6.45) is 0.899. The summed E-state index contributed by atoms with van der Waals surface area (Å²) in [5.41, 5.74) is -2.17. The van der Waals surface area contributed by atoms with Gasteiger partial charge in [-0.25, -0.2) is 0 Å². The molecule has 0 spiro atoms. The van der Waals surface area contributed by atoms with E-state index >= 15 is 0 Å². The van der Waals surface area contributed by atoms with Crippen molar-refractivity contribution in [2.24, 2.45) is 10.8 Å². The maximum Gasteiger partial charge on any atom is 0.310 e. The van der Waals surface area contributed by atoms with Crippen molar-refractivity contribution in [3.05, 3.63) is 0 Å². The molecule has 1 aliphatic carbocycles. The minimum absolute atomic E-state index is 0.450. The molecule has 0 aliphatic heterocycles. The maximum atomic E-state index is 10.8. The van der Waals surface area contributed by atoms with Gasteiger partial charge in [-0.1, -0.05) is 0 Å². The molecule has 0 aromatic carbocycles. The Kier molecular flexibility index (Phi) is 1.67. The lowest BCUT2D eigenvalue weighted by molar-refractivity contribution is -0.187. The van der Waals surface area contributed by atoms with Crippen molar-refractivity contribution in [1.82, 2.24) is 0 Å². The highest BCUT2D eigenvalue weighted by Crippen LogP contribution is 2.56. The fraction of sp³-hybridized carbons (Fsp3) is 0.750. The molecule has 0 radical (unpaired) electrons. The monoisotopic (exact) mass is 172 g/mol. The largest absolute Gasteiger partial charge is 0.481 e. The molecule has 1 aliphatic rings. The van der Waals surface area contributed by atoms with Crippen molar-refractivity contribution in [2.45, 2.75) is 26.7 Å². The van der Waals surface area contributed by atoms with Gasteiger partial charge in [-0.2, -0.15) is 0 Å². The molecule has 0 aromatic rings. The molecule has 2 atom stereocenters. The minimum atomic E-state index is -1.08. The van der Waals surface area contributed by atoms with E-state index in [9.17, 15) is 9.59 Å². The SMILES string of the molecule is C[C@]1(C(=O)O)CC[C@]1(C)C(=O)O. The van der Waals surface area contributed by atoms with Gasteiger partial charge in [-0.15, -0.1) is 0 Å². The van der Waals surface area contributed by atoms with E-state index < -0.39 is 22.8 Å². The third kappa shape index (κ3) is 0.777. The van der Waals surface area contributed by atoms with Crippen LogP contribution in [-0.2, 0) is 9.59 Å². The Morgan fingerprint density at radius 1 is 1.00 bits per heavy atom. The van der Waals surface area contributed by atoms with Crippen LogP contribution in [0.2, 0.25) is 0 Å².